The molecule has 0 saturated carbocycles. The molecular formula is C11H15N3OS. The van der Waals surface area contributed by atoms with E-state index < -0.39 is 5.60 Å². The summed E-state index contributed by atoms with van der Waals surface area (Å²) in [5, 5.41) is 21.7. The minimum absolute atomic E-state index is 0.412. The van der Waals surface area contributed by atoms with Crippen molar-refractivity contribution < 1.29 is 5.11 Å². The van der Waals surface area contributed by atoms with E-state index in [1.54, 1.807) is 37.0 Å². The smallest absolute Gasteiger partial charge is 0.127 e. The number of hydrogen-bond donors (Lipinski definition) is 2. The van der Waals surface area contributed by atoms with E-state index in [1.807, 2.05) is 12.3 Å². The number of rotatable bonds is 5. The molecule has 1 rings (SSSR count). The molecule has 0 aromatic carbocycles. The van der Waals surface area contributed by atoms with Gasteiger partial charge in [-0.2, -0.15) is 17.0 Å². The van der Waals surface area contributed by atoms with Crippen LogP contribution in [0.2, 0.25) is 0 Å². The number of nitrogens with zero attached hydrogens (tertiary/aromatic N) is 2. The molecular weight excluding hydrogens is 222 g/mol. The molecule has 0 aliphatic rings. The van der Waals surface area contributed by atoms with Crippen molar-refractivity contribution in [3.63, 3.8) is 0 Å². The molecule has 4 nitrogen and oxygen atoms in total. The van der Waals surface area contributed by atoms with Crippen LogP contribution < -0.4 is 5.32 Å². The second kappa shape index (κ2) is 5.73. The van der Waals surface area contributed by atoms with Crippen LogP contribution in [0.5, 0.6) is 0 Å². The van der Waals surface area contributed by atoms with E-state index in [-0.39, 0.29) is 0 Å². The summed E-state index contributed by atoms with van der Waals surface area (Å²) in [4.78, 5) is 4.07. The Balaban J connectivity index is 2.58. The van der Waals surface area contributed by atoms with Gasteiger partial charge in [0.2, 0.25) is 0 Å². The maximum Gasteiger partial charge on any atom is 0.127 e. The molecule has 16 heavy (non-hydrogen) atoms. The summed E-state index contributed by atoms with van der Waals surface area (Å²) >= 11 is 1.59. The summed E-state index contributed by atoms with van der Waals surface area (Å²) in [5.41, 5.74) is -0.217. The van der Waals surface area contributed by atoms with E-state index in [9.17, 15) is 5.11 Å². The predicted octanol–water partition coefficient (Wildman–Crippen LogP) is 1.48. The zero-order chi connectivity index (χ0) is 12.0. The quantitative estimate of drug-likeness (QED) is 0.811. The SMILES string of the molecule is CSCC(C)(O)CNc1cc(C#N)ccn1. The van der Waals surface area contributed by atoms with Gasteiger partial charge >= 0.3 is 0 Å². The molecule has 0 radical (unpaired) electrons. The number of anilines is 1. The Hall–Kier alpha value is -1.25. The van der Waals surface area contributed by atoms with Crippen LogP contribution in [0.4, 0.5) is 5.82 Å². The van der Waals surface area contributed by atoms with Gasteiger partial charge in [-0.25, -0.2) is 4.98 Å². The number of thioether (sulfide) groups is 1. The van der Waals surface area contributed by atoms with Crippen LogP contribution in [0.1, 0.15) is 12.5 Å². The molecule has 86 valence electrons. The standard InChI is InChI=1S/C11H15N3OS/c1-11(15,8-16-2)7-14-10-5-9(6-12)3-4-13-10/h3-5,15H,7-8H2,1-2H3,(H,13,14). The lowest BCUT2D eigenvalue weighted by atomic mass is 10.1. The van der Waals surface area contributed by atoms with E-state index >= 15 is 0 Å². The average molecular weight is 237 g/mol. The fourth-order valence-corrected chi connectivity index (χ4v) is 1.96. The third-order valence-corrected chi connectivity index (χ3v) is 2.91. The molecule has 0 aliphatic carbocycles. The molecule has 1 aromatic heterocycles. The number of nitrogens with one attached hydrogen (secondary N) is 1. The topological polar surface area (TPSA) is 68.9 Å². The fraction of sp³-hybridized carbons (Fsp3) is 0.455. The Labute approximate surface area is 99.7 Å². The number of hydrogen-bond acceptors (Lipinski definition) is 5. The molecule has 0 saturated heterocycles. The fourth-order valence-electron chi connectivity index (χ4n) is 1.24. The third kappa shape index (κ3) is 4.09. The van der Waals surface area contributed by atoms with Crippen LogP contribution in [-0.2, 0) is 0 Å². The van der Waals surface area contributed by atoms with Gasteiger partial charge in [-0.1, -0.05) is 0 Å². The second-order valence-electron chi connectivity index (χ2n) is 3.83. The van der Waals surface area contributed by atoms with E-state index in [2.05, 4.69) is 10.3 Å². The van der Waals surface area contributed by atoms with Crippen molar-refractivity contribution in [1.29, 1.82) is 5.26 Å². The van der Waals surface area contributed by atoms with Gasteiger partial charge in [-0.05, 0) is 25.3 Å². The summed E-state index contributed by atoms with van der Waals surface area (Å²) in [7, 11) is 0. The number of nitriles is 1. The zero-order valence-electron chi connectivity index (χ0n) is 9.40. The van der Waals surface area contributed by atoms with Gasteiger partial charge in [-0.15, -0.1) is 0 Å². The summed E-state index contributed by atoms with van der Waals surface area (Å²) in [5.74, 6) is 1.26. The highest BCUT2D eigenvalue weighted by Gasteiger charge is 2.19. The van der Waals surface area contributed by atoms with Crippen molar-refractivity contribution in [1.82, 2.24) is 4.98 Å². The van der Waals surface area contributed by atoms with Gasteiger partial charge in [0.25, 0.3) is 0 Å². The minimum atomic E-state index is -0.774. The Morgan fingerprint density at radius 3 is 3.06 bits per heavy atom. The molecule has 2 N–H and O–H groups in total. The van der Waals surface area contributed by atoms with Crippen LogP contribution in [0, 0.1) is 11.3 Å². The first-order valence-corrected chi connectivity index (χ1v) is 6.28. The van der Waals surface area contributed by atoms with Crippen molar-refractivity contribution in [3.05, 3.63) is 23.9 Å². The highest BCUT2D eigenvalue weighted by atomic mass is 32.2. The molecule has 1 heterocycles. The van der Waals surface area contributed by atoms with Crippen molar-refractivity contribution in [2.24, 2.45) is 0 Å². The summed E-state index contributed by atoms with van der Waals surface area (Å²) in [6.07, 6.45) is 3.52. The monoisotopic (exact) mass is 237 g/mol. The second-order valence-corrected chi connectivity index (χ2v) is 4.69. The van der Waals surface area contributed by atoms with Crippen molar-refractivity contribution in [3.8, 4) is 6.07 Å². The Kier molecular flexibility index (Phi) is 4.59. The minimum Gasteiger partial charge on any atom is -0.387 e. The van der Waals surface area contributed by atoms with Gasteiger partial charge in [0.1, 0.15) is 5.82 Å². The molecule has 0 amide bonds. The maximum absolute atomic E-state index is 9.93. The van der Waals surface area contributed by atoms with Gasteiger partial charge in [0.05, 0.1) is 17.2 Å². The Morgan fingerprint density at radius 1 is 1.69 bits per heavy atom. The summed E-state index contributed by atoms with van der Waals surface area (Å²) in [6.45, 7) is 2.18. The van der Waals surface area contributed by atoms with E-state index in [0.29, 0.717) is 23.7 Å². The van der Waals surface area contributed by atoms with Crippen LogP contribution in [-0.4, -0.2) is 34.2 Å². The first-order valence-electron chi connectivity index (χ1n) is 4.89. The lowest BCUT2D eigenvalue weighted by molar-refractivity contribution is 0.0996. The van der Waals surface area contributed by atoms with Crippen LogP contribution in [0.15, 0.2) is 18.3 Å². The van der Waals surface area contributed by atoms with Gasteiger partial charge in [0, 0.05) is 18.5 Å². The molecule has 0 aliphatic heterocycles. The Morgan fingerprint density at radius 2 is 2.44 bits per heavy atom. The molecule has 1 aromatic rings. The van der Waals surface area contributed by atoms with E-state index in [0.717, 1.165) is 0 Å². The molecule has 0 fully saturated rings. The molecule has 0 spiro atoms. The van der Waals surface area contributed by atoms with Gasteiger partial charge in [-0.3, -0.25) is 0 Å². The van der Waals surface area contributed by atoms with E-state index in [1.165, 1.54) is 0 Å². The Bertz CT molecular complexity index is 387. The van der Waals surface area contributed by atoms with Gasteiger partial charge < -0.3 is 10.4 Å². The van der Waals surface area contributed by atoms with Gasteiger partial charge in [0.15, 0.2) is 0 Å². The van der Waals surface area contributed by atoms with Crippen molar-refractivity contribution in [2.45, 2.75) is 12.5 Å². The first kappa shape index (κ1) is 12.8. The highest BCUT2D eigenvalue weighted by Crippen LogP contribution is 2.12. The van der Waals surface area contributed by atoms with Crippen LogP contribution in [0.3, 0.4) is 0 Å². The number of pyridine rings is 1. The van der Waals surface area contributed by atoms with E-state index in [4.69, 9.17) is 5.26 Å². The first-order chi connectivity index (χ1) is 7.57. The summed E-state index contributed by atoms with van der Waals surface area (Å²) < 4.78 is 0. The van der Waals surface area contributed by atoms with Crippen molar-refractivity contribution >= 4 is 17.6 Å². The van der Waals surface area contributed by atoms with Crippen LogP contribution >= 0.6 is 11.8 Å². The normalized spacial score (nSPS) is 13.9. The average Bonchev–Trinajstić information content (AvgIpc) is 2.27. The largest absolute Gasteiger partial charge is 0.387 e. The molecule has 5 heteroatoms. The van der Waals surface area contributed by atoms with Crippen molar-refractivity contribution in [2.75, 3.05) is 23.9 Å². The number of aromatic nitrogens is 1. The third-order valence-electron chi connectivity index (χ3n) is 1.99. The lowest BCUT2D eigenvalue weighted by Crippen LogP contribution is -2.36. The zero-order valence-corrected chi connectivity index (χ0v) is 10.2. The lowest BCUT2D eigenvalue weighted by Gasteiger charge is -2.22. The summed E-state index contributed by atoms with van der Waals surface area (Å²) in [6, 6.07) is 5.35. The molecule has 1 atom stereocenters. The number of aliphatic hydroxyl groups is 1. The highest BCUT2D eigenvalue weighted by molar-refractivity contribution is 7.98. The molecule has 1 unspecified atom stereocenters. The maximum atomic E-state index is 9.93. The molecule has 0 bridgehead atoms. The predicted molar refractivity (Wildman–Crippen MR) is 66.4 cm³/mol. The van der Waals surface area contributed by atoms with Crippen LogP contribution in [0.25, 0.3) is 0 Å².